The van der Waals surface area contributed by atoms with Crippen LogP contribution < -0.4 is 9.47 Å². The Morgan fingerprint density at radius 2 is 1.94 bits per heavy atom. The molecule has 0 heterocycles. The Morgan fingerprint density at radius 1 is 1.24 bits per heavy atom. The van der Waals surface area contributed by atoms with Gasteiger partial charge in [-0.05, 0) is 19.1 Å². The molecular weight excluding hydrogens is 222 g/mol. The summed E-state index contributed by atoms with van der Waals surface area (Å²) in [6.07, 6.45) is 0. The summed E-state index contributed by atoms with van der Waals surface area (Å²) in [5.74, 6) is 0.607. The number of hydrogen-bond acceptors (Lipinski definition) is 5. The third-order valence-electron chi connectivity index (χ3n) is 2.06. The smallest absolute Gasteiger partial charge is 0.308 e. The zero-order valence-electron chi connectivity index (χ0n) is 10.3. The molecule has 17 heavy (non-hydrogen) atoms. The molecule has 0 aromatic heterocycles. The van der Waals surface area contributed by atoms with Crippen LogP contribution in [-0.4, -0.2) is 25.9 Å². The highest BCUT2D eigenvalue weighted by Crippen LogP contribution is 2.25. The number of methoxy groups -OCH3 is 1. The van der Waals surface area contributed by atoms with Crippen molar-refractivity contribution >= 4 is 11.7 Å². The fourth-order valence-corrected chi connectivity index (χ4v) is 1.35. The predicted octanol–water partition coefficient (Wildman–Crippen LogP) is 1.99. The van der Waals surface area contributed by atoms with E-state index in [0.29, 0.717) is 22.8 Å². The first kappa shape index (κ1) is 13.0. The minimum atomic E-state index is -0.398. The van der Waals surface area contributed by atoms with E-state index in [4.69, 9.17) is 14.3 Å². The molecule has 0 bridgehead atoms. The molecule has 92 valence electrons. The molecule has 0 spiro atoms. The van der Waals surface area contributed by atoms with Gasteiger partial charge in [0.25, 0.3) is 0 Å². The van der Waals surface area contributed by atoms with Crippen molar-refractivity contribution in [1.29, 1.82) is 0 Å². The Morgan fingerprint density at radius 3 is 2.47 bits per heavy atom. The second-order valence-corrected chi connectivity index (χ2v) is 3.32. The van der Waals surface area contributed by atoms with Gasteiger partial charge in [-0.2, -0.15) is 0 Å². The molecular formula is C12H15NO4. The number of rotatable bonds is 4. The van der Waals surface area contributed by atoms with Crippen molar-refractivity contribution in [2.75, 3.05) is 14.2 Å². The van der Waals surface area contributed by atoms with Crippen molar-refractivity contribution in [3.8, 4) is 11.5 Å². The summed E-state index contributed by atoms with van der Waals surface area (Å²) in [4.78, 5) is 15.7. The molecule has 1 aromatic carbocycles. The lowest BCUT2D eigenvalue weighted by Gasteiger charge is -2.10. The molecule has 0 fully saturated rings. The van der Waals surface area contributed by atoms with Gasteiger partial charge in [0.1, 0.15) is 18.6 Å². The van der Waals surface area contributed by atoms with Crippen molar-refractivity contribution < 1.29 is 19.1 Å². The molecule has 0 aliphatic rings. The highest BCUT2D eigenvalue weighted by molar-refractivity contribution is 6.01. The number of carbonyl (C=O) groups is 1. The highest BCUT2D eigenvalue weighted by atomic mass is 16.6. The van der Waals surface area contributed by atoms with Crippen molar-refractivity contribution in [2.45, 2.75) is 13.8 Å². The van der Waals surface area contributed by atoms with E-state index in [-0.39, 0.29) is 0 Å². The average molecular weight is 237 g/mol. The molecule has 1 rings (SSSR count). The van der Waals surface area contributed by atoms with Gasteiger partial charge in [0.05, 0.1) is 12.8 Å². The standard InChI is InChI=1S/C12H15NO4/c1-8(13-16-4)11-6-5-10(15-3)7-12(11)17-9(2)14/h5-7H,1-4H3/b13-8+. The van der Waals surface area contributed by atoms with Crippen molar-refractivity contribution in [3.63, 3.8) is 0 Å². The number of hydrogen-bond donors (Lipinski definition) is 0. The van der Waals surface area contributed by atoms with E-state index in [1.165, 1.54) is 14.0 Å². The normalized spacial score (nSPS) is 10.9. The third kappa shape index (κ3) is 3.48. The minimum Gasteiger partial charge on any atom is -0.497 e. The topological polar surface area (TPSA) is 57.1 Å². The number of ether oxygens (including phenoxy) is 2. The zero-order valence-corrected chi connectivity index (χ0v) is 10.3. The lowest BCUT2D eigenvalue weighted by atomic mass is 10.1. The maximum absolute atomic E-state index is 11.0. The van der Waals surface area contributed by atoms with E-state index >= 15 is 0 Å². The molecule has 0 amide bonds. The molecule has 0 aliphatic carbocycles. The first-order chi connectivity index (χ1) is 8.08. The van der Waals surface area contributed by atoms with Gasteiger partial charge in [-0.1, -0.05) is 5.16 Å². The summed E-state index contributed by atoms with van der Waals surface area (Å²) in [7, 11) is 3.00. The number of oxime groups is 1. The number of carbonyl (C=O) groups excluding carboxylic acids is 1. The second kappa shape index (κ2) is 5.89. The number of benzene rings is 1. The van der Waals surface area contributed by atoms with Crippen LogP contribution in [-0.2, 0) is 9.63 Å². The monoisotopic (exact) mass is 237 g/mol. The SMILES string of the molecule is CO/N=C(\C)c1ccc(OC)cc1OC(C)=O. The van der Waals surface area contributed by atoms with Crippen molar-refractivity contribution in [3.05, 3.63) is 23.8 Å². The van der Waals surface area contributed by atoms with E-state index in [2.05, 4.69) is 5.16 Å². The Labute approximate surface area is 100.0 Å². The lowest BCUT2D eigenvalue weighted by molar-refractivity contribution is -0.131. The van der Waals surface area contributed by atoms with Crippen molar-refractivity contribution in [2.24, 2.45) is 5.16 Å². The fraction of sp³-hybridized carbons (Fsp3) is 0.333. The van der Waals surface area contributed by atoms with Crippen LogP contribution in [0.25, 0.3) is 0 Å². The summed E-state index contributed by atoms with van der Waals surface area (Å²) < 4.78 is 10.2. The average Bonchev–Trinajstić information content (AvgIpc) is 2.28. The summed E-state index contributed by atoms with van der Waals surface area (Å²) in [6.45, 7) is 3.10. The van der Waals surface area contributed by atoms with Crippen LogP contribution in [0.1, 0.15) is 19.4 Å². The lowest BCUT2D eigenvalue weighted by Crippen LogP contribution is -2.07. The fourth-order valence-electron chi connectivity index (χ4n) is 1.35. The van der Waals surface area contributed by atoms with E-state index in [1.807, 2.05) is 0 Å². The molecule has 0 atom stereocenters. The van der Waals surface area contributed by atoms with Crippen LogP contribution >= 0.6 is 0 Å². The molecule has 5 nitrogen and oxygen atoms in total. The van der Waals surface area contributed by atoms with Gasteiger partial charge in [-0.3, -0.25) is 4.79 Å². The first-order valence-corrected chi connectivity index (χ1v) is 5.03. The van der Waals surface area contributed by atoms with Crippen LogP contribution in [0.15, 0.2) is 23.4 Å². The van der Waals surface area contributed by atoms with Crippen LogP contribution in [0.4, 0.5) is 0 Å². The second-order valence-electron chi connectivity index (χ2n) is 3.32. The van der Waals surface area contributed by atoms with E-state index in [0.717, 1.165) is 0 Å². The van der Waals surface area contributed by atoms with Crippen LogP contribution in [0, 0.1) is 0 Å². The summed E-state index contributed by atoms with van der Waals surface area (Å²) >= 11 is 0. The van der Waals surface area contributed by atoms with Crippen LogP contribution in [0.2, 0.25) is 0 Å². The van der Waals surface area contributed by atoms with Gasteiger partial charge >= 0.3 is 5.97 Å². The van der Waals surface area contributed by atoms with Gasteiger partial charge in [0, 0.05) is 18.6 Å². The van der Waals surface area contributed by atoms with Crippen molar-refractivity contribution in [1.82, 2.24) is 0 Å². The number of esters is 1. The van der Waals surface area contributed by atoms with E-state index in [9.17, 15) is 4.79 Å². The zero-order chi connectivity index (χ0) is 12.8. The quantitative estimate of drug-likeness (QED) is 0.348. The maximum Gasteiger partial charge on any atom is 0.308 e. The van der Waals surface area contributed by atoms with Gasteiger partial charge in [0.15, 0.2) is 0 Å². The molecule has 0 aliphatic heterocycles. The van der Waals surface area contributed by atoms with Gasteiger partial charge in [-0.25, -0.2) is 0 Å². The van der Waals surface area contributed by atoms with E-state index in [1.54, 1.807) is 32.2 Å². The van der Waals surface area contributed by atoms with Gasteiger partial charge in [-0.15, -0.1) is 0 Å². The predicted molar refractivity (Wildman–Crippen MR) is 63.5 cm³/mol. The molecule has 0 N–H and O–H groups in total. The summed E-state index contributed by atoms with van der Waals surface area (Å²) in [5.41, 5.74) is 1.30. The summed E-state index contributed by atoms with van der Waals surface area (Å²) in [5, 5.41) is 3.80. The van der Waals surface area contributed by atoms with Crippen LogP contribution in [0.3, 0.4) is 0 Å². The molecule has 5 heteroatoms. The van der Waals surface area contributed by atoms with Gasteiger partial charge in [0.2, 0.25) is 0 Å². The Bertz CT molecular complexity index is 440. The highest BCUT2D eigenvalue weighted by Gasteiger charge is 2.11. The Kier molecular flexibility index (Phi) is 4.51. The Balaban J connectivity index is 3.19. The molecule has 1 aromatic rings. The molecule has 0 saturated carbocycles. The first-order valence-electron chi connectivity index (χ1n) is 5.03. The van der Waals surface area contributed by atoms with E-state index < -0.39 is 5.97 Å². The largest absolute Gasteiger partial charge is 0.497 e. The minimum absolute atomic E-state index is 0.398. The molecule has 0 unspecified atom stereocenters. The van der Waals surface area contributed by atoms with Crippen LogP contribution in [0.5, 0.6) is 11.5 Å². The third-order valence-corrected chi connectivity index (χ3v) is 2.06. The molecule has 0 radical (unpaired) electrons. The van der Waals surface area contributed by atoms with Gasteiger partial charge < -0.3 is 14.3 Å². The number of nitrogens with zero attached hydrogens (tertiary/aromatic N) is 1. The Hall–Kier alpha value is -2.04. The maximum atomic E-state index is 11.0. The molecule has 0 saturated heterocycles. The summed E-state index contributed by atoms with van der Waals surface area (Å²) in [6, 6.07) is 5.15.